The van der Waals surface area contributed by atoms with Crippen molar-refractivity contribution in [2.75, 3.05) is 19.7 Å². The van der Waals surface area contributed by atoms with Crippen LogP contribution in [0, 0.1) is 18.8 Å². The van der Waals surface area contributed by atoms with Crippen molar-refractivity contribution >= 4 is 16.8 Å². The van der Waals surface area contributed by atoms with Crippen molar-refractivity contribution in [3.05, 3.63) is 36.0 Å². The number of benzene rings is 1. The summed E-state index contributed by atoms with van der Waals surface area (Å²) < 4.78 is 5.81. The smallest absolute Gasteiger partial charge is 0.260 e. The number of ether oxygens (including phenoxy) is 1. The molecule has 0 radical (unpaired) electrons. The third-order valence-corrected chi connectivity index (χ3v) is 4.40. The summed E-state index contributed by atoms with van der Waals surface area (Å²) in [4.78, 5) is 18.9. The molecule has 1 aliphatic rings. The Bertz CT molecular complexity index is 704. The Balaban J connectivity index is 1.71. The molecule has 1 aromatic carbocycles. The van der Waals surface area contributed by atoms with Gasteiger partial charge in [0.2, 0.25) is 0 Å². The maximum absolute atomic E-state index is 12.4. The van der Waals surface area contributed by atoms with E-state index in [2.05, 4.69) is 18.8 Å². The van der Waals surface area contributed by atoms with E-state index in [1.54, 1.807) is 0 Å². The first kappa shape index (κ1) is 15.8. The van der Waals surface area contributed by atoms with Gasteiger partial charge in [-0.15, -0.1) is 0 Å². The fourth-order valence-electron chi connectivity index (χ4n) is 3.43. The molecule has 1 aliphatic heterocycles. The maximum atomic E-state index is 12.4. The zero-order chi connectivity index (χ0) is 16.4. The molecule has 2 atom stereocenters. The number of aromatic nitrogens is 1. The molecule has 0 saturated carbocycles. The predicted octanol–water partition coefficient (Wildman–Crippen LogP) is 3.43. The van der Waals surface area contributed by atoms with Crippen molar-refractivity contribution in [2.45, 2.75) is 27.2 Å². The van der Waals surface area contributed by atoms with Gasteiger partial charge >= 0.3 is 0 Å². The summed E-state index contributed by atoms with van der Waals surface area (Å²) in [5.41, 5.74) is 1.76. The monoisotopic (exact) mass is 312 g/mol. The number of aryl methyl sites for hydroxylation is 1. The number of hydrogen-bond donors (Lipinski definition) is 0. The van der Waals surface area contributed by atoms with Gasteiger partial charge in [-0.1, -0.05) is 32.0 Å². The number of carbonyl (C=O) groups excluding carboxylic acids is 1. The number of fused-ring (bicyclic) bond motifs is 1. The Kier molecular flexibility index (Phi) is 4.51. The summed E-state index contributed by atoms with van der Waals surface area (Å²) in [5.74, 6) is 1.86. The Labute approximate surface area is 137 Å². The highest BCUT2D eigenvalue weighted by atomic mass is 16.5. The minimum absolute atomic E-state index is 0.0630. The number of carbonyl (C=O) groups is 1. The molecule has 3 rings (SSSR count). The molecule has 0 N–H and O–H groups in total. The molecule has 23 heavy (non-hydrogen) atoms. The van der Waals surface area contributed by atoms with E-state index in [1.807, 2.05) is 42.2 Å². The van der Waals surface area contributed by atoms with Crippen molar-refractivity contribution in [3.63, 3.8) is 0 Å². The van der Waals surface area contributed by atoms with E-state index in [0.717, 1.165) is 29.7 Å². The summed E-state index contributed by atoms with van der Waals surface area (Å²) in [5, 5.41) is 1.03. The summed E-state index contributed by atoms with van der Waals surface area (Å²) >= 11 is 0. The van der Waals surface area contributed by atoms with Crippen LogP contribution in [0.3, 0.4) is 0 Å². The first-order chi connectivity index (χ1) is 11.0. The lowest BCUT2D eigenvalue weighted by atomic mass is 9.92. The highest BCUT2D eigenvalue weighted by Gasteiger charge is 2.25. The van der Waals surface area contributed by atoms with Crippen LogP contribution in [0.25, 0.3) is 10.9 Å². The van der Waals surface area contributed by atoms with Crippen LogP contribution in [0.2, 0.25) is 0 Å². The molecule has 122 valence electrons. The fraction of sp³-hybridized carbons (Fsp3) is 0.474. The first-order valence-electron chi connectivity index (χ1n) is 8.30. The van der Waals surface area contributed by atoms with Crippen LogP contribution < -0.4 is 4.74 Å². The lowest BCUT2D eigenvalue weighted by molar-refractivity contribution is -0.136. The number of rotatable bonds is 3. The van der Waals surface area contributed by atoms with Gasteiger partial charge in [-0.05, 0) is 37.3 Å². The Morgan fingerprint density at radius 1 is 1.22 bits per heavy atom. The van der Waals surface area contributed by atoms with Gasteiger partial charge in [0.15, 0.2) is 6.61 Å². The van der Waals surface area contributed by atoms with Gasteiger partial charge in [0.25, 0.3) is 5.91 Å². The molecule has 2 aromatic rings. The second-order valence-electron chi connectivity index (χ2n) is 6.81. The molecule has 4 nitrogen and oxygen atoms in total. The van der Waals surface area contributed by atoms with Crippen LogP contribution >= 0.6 is 0 Å². The van der Waals surface area contributed by atoms with Gasteiger partial charge in [0, 0.05) is 24.2 Å². The van der Waals surface area contributed by atoms with E-state index in [0.29, 0.717) is 17.6 Å². The van der Waals surface area contributed by atoms with E-state index in [4.69, 9.17) is 4.74 Å². The molecule has 1 amide bonds. The van der Waals surface area contributed by atoms with E-state index in [1.165, 1.54) is 6.42 Å². The SMILES string of the molecule is Cc1ccc2cccc(OCC(=O)N3C[C@H](C)C[C@@H](C)C3)c2n1. The highest BCUT2D eigenvalue weighted by molar-refractivity contribution is 5.85. The lowest BCUT2D eigenvalue weighted by Crippen LogP contribution is -2.44. The quantitative estimate of drug-likeness (QED) is 0.872. The third kappa shape index (κ3) is 3.63. The zero-order valence-corrected chi connectivity index (χ0v) is 14.1. The van der Waals surface area contributed by atoms with E-state index < -0.39 is 0 Å². The molecule has 1 aromatic heterocycles. The number of pyridine rings is 1. The van der Waals surface area contributed by atoms with Crippen molar-refractivity contribution in [3.8, 4) is 5.75 Å². The average Bonchev–Trinajstić information content (AvgIpc) is 2.51. The van der Waals surface area contributed by atoms with Gasteiger partial charge in [0.05, 0.1) is 0 Å². The first-order valence-corrected chi connectivity index (χ1v) is 8.30. The minimum atomic E-state index is 0.0630. The molecule has 0 spiro atoms. The number of nitrogens with zero attached hydrogens (tertiary/aromatic N) is 2. The van der Waals surface area contributed by atoms with Gasteiger partial charge in [-0.2, -0.15) is 0 Å². The van der Waals surface area contributed by atoms with Crippen molar-refractivity contribution < 1.29 is 9.53 Å². The van der Waals surface area contributed by atoms with E-state index in [9.17, 15) is 4.79 Å². The summed E-state index contributed by atoms with van der Waals surface area (Å²) in [6.45, 7) is 8.10. The summed E-state index contributed by atoms with van der Waals surface area (Å²) in [6.07, 6.45) is 1.19. The van der Waals surface area contributed by atoms with Gasteiger partial charge in [-0.25, -0.2) is 4.98 Å². The highest BCUT2D eigenvalue weighted by Crippen LogP contribution is 2.25. The van der Waals surface area contributed by atoms with Crippen LogP contribution in [0.15, 0.2) is 30.3 Å². The van der Waals surface area contributed by atoms with Crippen molar-refractivity contribution in [1.29, 1.82) is 0 Å². The van der Waals surface area contributed by atoms with Gasteiger partial charge in [-0.3, -0.25) is 4.79 Å². The van der Waals surface area contributed by atoms with Crippen LogP contribution in [0.5, 0.6) is 5.75 Å². The van der Waals surface area contributed by atoms with Crippen LogP contribution in [-0.2, 0) is 4.79 Å². The van der Waals surface area contributed by atoms with Crippen LogP contribution in [-0.4, -0.2) is 35.5 Å². The van der Waals surface area contributed by atoms with E-state index in [-0.39, 0.29) is 12.5 Å². The molecule has 2 heterocycles. The lowest BCUT2D eigenvalue weighted by Gasteiger charge is -2.34. The number of hydrogen-bond acceptors (Lipinski definition) is 3. The van der Waals surface area contributed by atoms with Crippen LogP contribution in [0.4, 0.5) is 0 Å². The number of amides is 1. The minimum Gasteiger partial charge on any atom is -0.481 e. The summed E-state index contributed by atoms with van der Waals surface area (Å²) in [7, 11) is 0. The fourth-order valence-corrected chi connectivity index (χ4v) is 3.43. The molecule has 0 bridgehead atoms. The molecule has 1 fully saturated rings. The topological polar surface area (TPSA) is 42.4 Å². The summed E-state index contributed by atoms with van der Waals surface area (Å²) in [6, 6.07) is 9.83. The largest absolute Gasteiger partial charge is 0.481 e. The Morgan fingerprint density at radius 3 is 2.70 bits per heavy atom. The van der Waals surface area contributed by atoms with E-state index >= 15 is 0 Å². The second kappa shape index (κ2) is 6.57. The number of piperidine rings is 1. The molecular formula is C19H24N2O2. The predicted molar refractivity (Wildman–Crippen MR) is 91.5 cm³/mol. The van der Waals surface area contributed by atoms with Crippen molar-refractivity contribution in [2.24, 2.45) is 11.8 Å². The van der Waals surface area contributed by atoms with Crippen molar-refractivity contribution in [1.82, 2.24) is 9.88 Å². The average molecular weight is 312 g/mol. The maximum Gasteiger partial charge on any atom is 0.260 e. The van der Waals surface area contributed by atoms with Gasteiger partial charge in [0.1, 0.15) is 11.3 Å². The third-order valence-electron chi connectivity index (χ3n) is 4.40. The second-order valence-corrected chi connectivity index (χ2v) is 6.81. The molecule has 4 heteroatoms. The zero-order valence-electron chi connectivity index (χ0n) is 14.1. The number of likely N-dealkylation sites (tertiary alicyclic amines) is 1. The van der Waals surface area contributed by atoms with Crippen LogP contribution in [0.1, 0.15) is 26.0 Å². The Hall–Kier alpha value is -2.10. The standard InChI is InChI=1S/C19H24N2O2/c1-13-9-14(2)11-21(10-13)18(22)12-23-17-6-4-5-16-8-7-15(3)20-19(16)17/h4-8,13-14H,9-12H2,1-3H3/t13-,14-/m1/s1. The number of para-hydroxylation sites is 1. The molecule has 0 aliphatic carbocycles. The Morgan fingerprint density at radius 2 is 1.96 bits per heavy atom. The van der Waals surface area contributed by atoms with Gasteiger partial charge < -0.3 is 9.64 Å². The normalized spacial score (nSPS) is 21.4. The molecule has 0 unspecified atom stereocenters. The molecular weight excluding hydrogens is 288 g/mol. The molecule has 1 saturated heterocycles.